The van der Waals surface area contributed by atoms with Crippen molar-refractivity contribution in [1.29, 1.82) is 0 Å². The highest BCUT2D eigenvalue weighted by molar-refractivity contribution is 7.90. The number of nitrogens with one attached hydrogen (secondary N) is 1. The van der Waals surface area contributed by atoms with E-state index < -0.39 is 15.9 Å². The molecule has 1 N–H and O–H groups in total. The van der Waals surface area contributed by atoms with Gasteiger partial charge in [-0.25, -0.2) is 12.7 Å². The van der Waals surface area contributed by atoms with Crippen molar-refractivity contribution < 1.29 is 18.0 Å². The van der Waals surface area contributed by atoms with Crippen LogP contribution >= 0.6 is 0 Å². The molecule has 1 unspecified atom stereocenters. The van der Waals surface area contributed by atoms with Crippen molar-refractivity contribution in [3.63, 3.8) is 0 Å². The van der Waals surface area contributed by atoms with Crippen LogP contribution in [-0.2, 0) is 14.8 Å². The Labute approximate surface area is 165 Å². The van der Waals surface area contributed by atoms with Gasteiger partial charge >= 0.3 is 0 Å². The molecule has 3 rings (SSSR count). The molecule has 1 atom stereocenters. The van der Waals surface area contributed by atoms with Crippen LogP contribution in [0.5, 0.6) is 0 Å². The zero-order valence-corrected chi connectivity index (χ0v) is 17.0. The molecule has 7 heteroatoms. The van der Waals surface area contributed by atoms with Gasteiger partial charge in [0.15, 0.2) is 0 Å². The van der Waals surface area contributed by atoms with Crippen LogP contribution in [0.1, 0.15) is 52.9 Å². The third kappa shape index (κ3) is 3.80. The van der Waals surface area contributed by atoms with Gasteiger partial charge in [0.1, 0.15) is 4.90 Å². The van der Waals surface area contributed by atoms with Crippen molar-refractivity contribution in [2.75, 3.05) is 6.54 Å². The number of fused-ring (bicyclic) bond motifs is 1. The Morgan fingerprint density at radius 1 is 1.14 bits per heavy atom. The molecule has 1 aliphatic heterocycles. The summed E-state index contributed by atoms with van der Waals surface area (Å²) in [6.45, 7) is 5.91. The minimum absolute atomic E-state index is 0.0128. The predicted octanol–water partition coefficient (Wildman–Crippen LogP) is 3.11. The fourth-order valence-corrected chi connectivity index (χ4v) is 5.06. The summed E-state index contributed by atoms with van der Waals surface area (Å²) in [4.78, 5) is 24.7. The second-order valence-corrected chi connectivity index (χ2v) is 8.96. The lowest BCUT2D eigenvalue weighted by molar-refractivity contribution is -0.121. The molecule has 2 aromatic rings. The second kappa shape index (κ2) is 7.75. The number of hydrogen-bond acceptors (Lipinski definition) is 4. The van der Waals surface area contributed by atoms with E-state index in [4.69, 9.17) is 0 Å². The van der Waals surface area contributed by atoms with Gasteiger partial charge in [-0.05, 0) is 50.5 Å². The fraction of sp³-hybridized carbons (Fsp3) is 0.333. The number of hydrogen-bond donors (Lipinski definition) is 1. The van der Waals surface area contributed by atoms with Gasteiger partial charge in [0.2, 0.25) is 5.91 Å². The molecular weight excluding hydrogens is 376 g/mol. The van der Waals surface area contributed by atoms with Crippen LogP contribution in [0.4, 0.5) is 0 Å². The van der Waals surface area contributed by atoms with Crippen molar-refractivity contribution in [3.05, 3.63) is 64.7 Å². The average molecular weight is 401 g/mol. The smallest absolute Gasteiger partial charge is 0.269 e. The van der Waals surface area contributed by atoms with E-state index in [9.17, 15) is 18.0 Å². The minimum Gasteiger partial charge on any atom is -0.350 e. The zero-order valence-electron chi connectivity index (χ0n) is 16.2. The Morgan fingerprint density at radius 3 is 2.57 bits per heavy atom. The van der Waals surface area contributed by atoms with Crippen LogP contribution in [-0.4, -0.2) is 31.1 Å². The standard InChI is InChI=1S/C21H24N2O4S/c1-14-10-11-15(2)18(13-14)16(3)22-20(24)9-6-12-23-21(25)17-7-4-5-8-19(17)28(23,26)27/h4-5,7-8,10-11,13,16H,6,9,12H2,1-3H3,(H,22,24). The first kappa shape index (κ1) is 20.1. The second-order valence-electron chi connectivity index (χ2n) is 7.13. The van der Waals surface area contributed by atoms with Crippen LogP contribution in [0.25, 0.3) is 0 Å². The molecule has 0 aliphatic carbocycles. The molecule has 28 heavy (non-hydrogen) atoms. The maximum Gasteiger partial charge on any atom is 0.269 e. The Bertz CT molecular complexity index is 1030. The quantitative estimate of drug-likeness (QED) is 0.808. The molecule has 1 heterocycles. The van der Waals surface area contributed by atoms with Crippen molar-refractivity contribution in [3.8, 4) is 0 Å². The first-order chi connectivity index (χ1) is 13.2. The number of sulfonamides is 1. The summed E-state index contributed by atoms with van der Waals surface area (Å²) in [6, 6.07) is 12.1. The van der Waals surface area contributed by atoms with Gasteiger partial charge in [-0.3, -0.25) is 9.59 Å². The first-order valence-electron chi connectivity index (χ1n) is 9.24. The molecule has 1 aliphatic rings. The van der Waals surface area contributed by atoms with Crippen molar-refractivity contribution in [2.45, 2.75) is 44.6 Å². The summed E-state index contributed by atoms with van der Waals surface area (Å²) in [7, 11) is -3.82. The molecule has 0 radical (unpaired) electrons. The maximum absolute atomic E-state index is 12.5. The SMILES string of the molecule is Cc1ccc(C)c(C(C)NC(=O)CCCN2C(=O)c3ccccc3S2(=O)=O)c1. The number of aryl methyl sites for hydroxylation is 2. The largest absolute Gasteiger partial charge is 0.350 e. The van der Waals surface area contributed by atoms with Crippen LogP contribution in [0.15, 0.2) is 47.4 Å². The van der Waals surface area contributed by atoms with E-state index in [2.05, 4.69) is 5.32 Å². The van der Waals surface area contributed by atoms with E-state index in [1.807, 2.05) is 39.0 Å². The minimum atomic E-state index is -3.82. The van der Waals surface area contributed by atoms with E-state index in [1.165, 1.54) is 12.1 Å². The topological polar surface area (TPSA) is 83.6 Å². The zero-order chi connectivity index (χ0) is 20.5. The van der Waals surface area contributed by atoms with Crippen molar-refractivity contribution >= 4 is 21.8 Å². The summed E-state index contributed by atoms with van der Waals surface area (Å²) < 4.78 is 25.9. The molecule has 2 amide bonds. The Kier molecular flexibility index (Phi) is 5.56. The summed E-state index contributed by atoms with van der Waals surface area (Å²) in [6.07, 6.45) is 0.412. The van der Waals surface area contributed by atoms with Gasteiger partial charge in [-0.1, -0.05) is 35.9 Å². The molecular formula is C21H24N2O4S. The number of carbonyl (C=O) groups excluding carboxylic acids is 2. The lowest BCUT2D eigenvalue weighted by Crippen LogP contribution is -2.32. The molecule has 0 saturated heterocycles. The van der Waals surface area contributed by atoms with Crippen LogP contribution in [0, 0.1) is 13.8 Å². The van der Waals surface area contributed by atoms with Gasteiger partial charge in [-0.2, -0.15) is 0 Å². The van der Waals surface area contributed by atoms with E-state index in [0.29, 0.717) is 0 Å². The van der Waals surface area contributed by atoms with E-state index in [-0.39, 0.29) is 41.8 Å². The normalized spacial score (nSPS) is 16.0. The van der Waals surface area contributed by atoms with Gasteiger partial charge in [0, 0.05) is 13.0 Å². The number of benzene rings is 2. The van der Waals surface area contributed by atoms with E-state index in [1.54, 1.807) is 12.1 Å². The summed E-state index contributed by atoms with van der Waals surface area (Å²) in [5.74, 6) is -0.699. The van der Waals surface area contributed by atoms with Gasteiger partial charge in [0.05, 0.1) is 11.6 Å². The van der Waals surface area contributed by atoms with Crippen molar-refractivity contribution in [2.24, 2.45) is 0 Å². The van der Waals surface area contributed by atoms with Crippen LogP contribution < -0.4 is 5.32 Å². The van der Waals surface area contributed by atoms with E-state index >= 15 is 0 Å². The number of nitrogens with zero attached hydrogens (tertiary/aromatic N) is 1. The Hall–Kier alpha value is -2.67. The number of rotatable bonds is 6. The molecule has 0 saturated carbocycles. The average Bonchev–Trinajstić information content (AvgIpc) is 2.84. The van der Waals surface area contributed by atoms with Crippen LogP contribution in [0.3, 0.4) is 0 Å². The number of amides is 2. The summed E-state index contributed by atoms with van der Waals surface area (Å²) >= 11 is 0. The molecule has 0 bridgehead atoms. The molecule has 0 fully saturated rings. The Balaban J connectivity index is 1.58. The van der Waals surface area contributed by atoms with Gasteiger partial charge in [-0.15, -0.1) is 0 Å². The third-order valence-electron chi connectivity index (χ3n) is 4.96. The highest BCUT2D eigenvalue weighted by Crippen LogP contribution is 2.30. The first-order valence-corrected chi connectivity index (χ1v) is 10.7. The highest BCUT2D eigenvalue weighted by atomic mass is 32.2. The monoisotopic (exact) mass is 400 g/mol. The maximum atomic E-state index is 12.5. The van der Waals surface area contributed by atoms with Crippen LogP contribution in [0.2, 0.25) is 0 Å². The molecule has 0 aromatic heterocycles. The predicted molar refractivity (Wildman–Crippen MR) is 106 cm³/mol. The highest BCUT2D eigenvalue weighted by Gasteiger charge is 2.40. The molecule has 148 valence electrons. The third-order valence-corrected chi connectivity index (χ3v) is 6.80. The lowest BCUT2D eigenvalue weighted by Gasteiger charge is -2.18. The van der Waals surface area contributed by atoms with Gasteiger partial charge < -0.3 is 5.32 Å². The Morgan fingerprint density at radius 2 is 1.86 bits per heavy atom. The molecule has 6 nitrogen and oxygen atoms in total. The lowest BCUT2D eigenvalue weighted by atomic mass is 10.00. The van der Waals surface area contributed by atoms with E-state index in [0.717, 1.165) is 21.0 Å². The molecule has 0 spiro atoms. The summed E-state index contributed by atoms with van der Waals surface area (Å²) in [5, 5.41) is 2.95. The summed E-state index contributed by atoms with van der Waals surface area (Å²) in [5.41, 5.74) is 3.47. The van der Waals surface area contributed by atoms with Crippen molar-refractivity contribution in [1.82, 2.24) is 9.62 Å². The molecule has 2 aromatic carbocycles. The number of carbonyl (C=O) groups is 2. The van der Waals surface area contributed by atoms with Gasteiger partial charge in [0.25, 0.3) is 15.9 Å². The fourth-order valence-electron chi connectivity index (χ4n) is 3.45.